The highest BCUT2D eigenvalue weighted by Gasteiger charge is 2.34. The number of hydrogen-bond donors (Lipinski definition) is 2. The number of methoxy groups -OCH3 is 1. The molecule has 2 aliphatic heterocycles. The van der Waals surface area contributed by atoms with Crippen LogP contribution in [0, 0.1) is 5.92 Å². The van der Waals surface area contributed by atoms with Gasteiger partial charge >= 0.3 is 6.18 Å². The number of imide groups is 1. The zero-order chi connectivity index (χ0) is 37.3. The van der Waals surface area contributed by atoms with Crippen molar-refractivity contribution in [2.24, 2.45) is 5.92 Å². The van der Waals surface area contributed by atoms with Crippen molar-refractivity contribution < 1.29 is 41.8 Å². The van der Waals surface area contributed by atoms with Crippen LogP contribution in [0.5, 0.6) is 11.5 Å². The highest BCUT2D eigenvalue weighted by Crippen LogP contribution is 2.35. The summed E-state index contributed by atoms with van der Waals surface area (Å²) in [6.45, 7) is 1.20. The Labute approximate surface area is 303 Å². The van der Waals surface area contributed by atoms with Gasteiger partial charge in [-0.3, -0.25) is 29.2 Å². The highest BCUT2D eigenvalue weighted by atomic mass is 19.4. The minimum absolute atomic E-state index is 0.00453. The summed E-state index contributed by atoms with van der Waals surface area (Å²) < 4.78 is 52.9. The summed E-state index contributed by atoms with van der Waals surface area (Å²) in [5.41, 5.74) is 0.213. The molecule has 4 amide bonds. The van der Waals surface area contributed by atoms with Gasteiger partial charge in [0, 0.05) is 43.1 Å². The van der Waals surface area contributed by atoms with Gasteiger partial charge in [-0.1, -0.05) is 18.2 Å². The zero-order valence-corrected chi connectivity index (χ0v) is 29.0. The molecule has 0 bridgehead atoms. The van der Waals surface area contributed by atoms with Crippen LogP contribution in [0.2, 0.25) is 0 Å². The van der Waals surface area contributed by atoms with Gasteiger partial charge in [0.15, 0.2) is 0 Å². The smallest absolute Gasteiger partial charge is 0.433 e. The van der Waals surface area contributed by atoms with Gasteiger partial charge in [-0.25, -0.2) is 4.98 Å². The third-order valence-corrected chi connectivity index (χ3v) is 10.4. The summed E-state index contributed by atoms with van der Waals surface area (Å²) in [5.74, 6) is -0.519. The molecule has 53 heavy (non-hydrogen) atoms. The lowest BCUT2D eigenvalue weighted by Crippen LogP contribution is -2.43. The van der Waals surface area contributed by atoms with Gasteiger partial charge in [0.25, 0.3) is 5.91 Å². The molecule has 2 aromatic carbocycles. The van der Waals surface area contributed by atoms with E-state index in [9.17, 15) is 32.3 Å². The minimum Gasteiger partial charge on any atom is -0.494 e. The van der Waals surface area contributed by atoms with Crippen LogP contribution < -0.4 is 20.1 Å². The third-order valence-electron chi connectivity index (χ3n) is 10.4. The Kier molecular flexibility index (Phi) is 10.1. The first-order chi connectivity index (χ1) is 25.4. The van der Waals surface area contributed by atoms with Crippen molar-refractivity contribution in [3.63, 3.8) is 0 Å². The number of piperidine rings is 2. The van der Waals surface area contributed by atoms with Crippen LogP contribution in [-0.2, 0) is 20.6 Å². The highest BCUT2D eigenvalue weighted by molar-refractivity contribution is 6.05. The molecule has 2 N–H and O–H groups in total. The molecule has 1 atom stereocenters. The number of rotatable bonds is 8. The van der Waals surface area contributed by atoms with Crippen molar-refractivity contribution in [2.45, 2.75) is 75.6 Å². The number of ether oxygens (including phenoxy) is 2. The molecular weight excluding hydrogens is 693 g/mol. The van der Waals surface area contributed by atoms with E-state index in [-0.39, 0.29) is 53.1 Å². The molecule has 4 aromatic rings. The number of carbonyl (C=O) groups is 4. The van der Waals surface area contributed by atoms with Crippen LogP contribution >= 0.6 is 0 Å². The van der Waals surface area contributed by atoms with Gasteiger partial charge in [-0.05, 0) is 80.8 Å². The summed E-state index contributed by atoms with van der Waals surface area (Å²) in [4.78, 5) is 55.4. The van der Waals surface area contributed by atoms with Crippen molar-refractivity contribution in [1.29, 1.82) is 0 Å². The number of fused-ring (bicyclic) bond motifs is 1. The van der Waals surface area contributed by atoms with E-state index in [2.05, 4.69) is 15.6 Å². The van der Waals surface area contributed by atoms with E-state index >= 15 is 0 Å². The lowest BCUT2D eigenvalue weighted by molar-refractivity contribution is -0.141. The van der Waals surface area contributed by atoms with E-state index in [4.69, 9.17) is 14.6 Å². The van der Waals surface area contributed by atoms with E-state index < -0.39 is 17.8 Å². The Bertz CT molecular complexity index is 2020. The average molecular weight is 733 g/mol. The Morgan fingerprint density at radius 2 is 1.68 bits per heavy atom. The van der Waals surface area contributed by atoms with Crippen molar-refractivity contribution in [1.82, 2.24) is 25.0 Å². The molecule has 0 radical (unpaired) electrons. The molecule has 0 spiro atoms. The lowest BCUT2D eigenvalue weighted by Gasteiger charge is -2.36. The number of amides is 4. The molecule has 3 fully saturated rings. The quantitative estimate of drug-likeness (QED) is 0.209. The number of pyridine rings is 1. The predicted octanol–water partition coefficient (Wildman–Crippen LogP) is 6.03. The molecule has 1 aliphatic carbocycles. The lowest BCUT2D eigenvalue weighted by atomic mass is 9.86. The Morgan fingerprint density at radius 3 is 2.36 bits per heavy atom. The Balaban J connectivity index is 0.905. The number of likely N-dealkylation sites (tertiary alicyclic amines) is 1. The normalized spacial score (nSPS) is 21.3. The topological polar surface area (TPSA) is 145 Å². The van der Waals surface area contributed by atoms with Crippen LogP contribution in [0.1, 0.15) is 85.1 Å². The van der Waals surface area contributed by atoms with Gasteiger partial charge < -0.3 is 19.7 Å². The number of carbonyl (C=O) groups excluding carboxylic acids is 4. The van der Waals surface area contributed by atoms with Gasteiger partial charge in [0.2, 0.25) is 17.7 Å². The fourth-order valence-electron chi connectivity index (χ4n) is 7.45. The second kappa shape index (κ2) is 14.9. The maximum atomic E-state index is 13.5. The van der Waals surface area contributed by atoms with Crippen LogP contribution in [0.3, 0.4) is 0 Å². The largest absolute Gasteiger partial charge is 0.494 e. The second-order valence-electron chi connectivity index (χ2n) is 13.8. The van der Waals surface area contributed by atoms with Crippen LogP contribution in [-0.4, -0.2) is 69.6 Å². The first-order valence-corrected chi connectivity index (χ1v) is 17.8. The number of anilines is 1. The van der Waals surface area contributed by atoms with E-state index in [0.717, 1.165) is 62.0 Å². The summed E-state index contributed by atoms with van der Waals surface area (Å²) in [6, 6.07) is 14.0. The molecule has 2 aromatic heterocycles. The number of benzene rings is 2. The standard InChI is InChI=1S/C38H39F3N6O6/c1-52-32-20-30-24(19-31(32)43-36(50)29-3-2-4-33(42-29)38(39,40)41)21-47(45-30)25-15-17-46(18-16-25)37(51)23-7-11-27(12-8-23)53-26-9-5-22(6-10-26)28-13-14-34(48)44-35(28)49/h2-6,9-10,19-21,23,25,27-28H,7-8,11-18H2,1H3,(H,43,50)(H,44,48,49). The van der Waals surface area contributed by atoms with Crippen molar-refractivity contribution in [3.8, 4) is 11.5 Å². The van der Waals surface area contributed by atoms with Gasteiger partial charge in [0.1, 0.15) is 22.9 Å². The molecule has 278 valence electrons. The first kappa shape index (κ1) is 35.9. The minimum atomic E-state index is -4.68. The molecule has 15 heteroatoms. The first-order valence-electron chi connectivity index (χ1n) is 17.8. The van der Waals surface area contributed by atoms with Gasteiger partial charge in [-0.15, -0.1) is 0 Å². The molecule has 1 unspecified atom stereocenters. The number of alkyl halides is 3. The fraction of sp³-hybridized carbons (Fsp3) is 0.421. The van der Waals surface area contributed by atoms with Crippen molar-refractivity contribution in [2.75, 3.05) is 25.5 Å². The van der Waals surface area contributed by atoms with E-state index in [1.165, 1.54) is 13.2 Å². The molecule has 12 nitrogen and oxygen atoms in total. The van der Waals surface area contributed by atoms with Crippen LogP contribution in [0.4, 0.5) is 18.9 Å². The molecule has 3 aliphatic rings. The van der Waals surface area contributed by atoms with E-state index in [1.54, 1.807) is 12.1 Å². The fourth-order valence-corrected chi connectivity index (χ4v) is 7.45. The summed E-state index contributed by atoms with van der Waals surface area (Å²) in [7, 11) is 1.42. The van der Waals surface area contributed by atoms with Gasteiger partial charge in [-0.2, -0.15) is 18.3 Å². The van der Waals surface area contributed by atoms with Gasteiger partial charge in [0.05, 0.1) is 36.4 Å². The Morgan fingerprint density at radius 1 is 0.943 bits per heavy atom. The number of nitrogens with zero attached hydrogens (tertiary/aromatic N) is 4. The Hall–Kier alpha value is -5.47. The van der Waals surface area contributed by atoms with Crippen molar-refractivity contribution >= 4 is 40.2 Å². The van der Waals surface area contributed by atoms with E-state index in [0.29, 0.717) is 42.6 Å². The van der Waals surface area contributed by atoms with Crippen molar-refractivity contribution in [3.05, 3.63) is 77.7 Å². The molecule has 1 saturated carbocycles. The molecule has 4 heterocycles. The van der Waals surface area contributed by atoms with Crippen LogP contribution in [0.25, 0.3) is 10.9 Å². The summed E-state index contributed by atoms with van der Waals surface area (Å²) >= 11 is 0. The number of hydrogen-bond acceptors (Lipinski definition) is 8. The average Bonchev–Trinajstić information content (AvgIpc) is 3.58. The number of halogens is 3. The van der Waals surface area contributed by atoms with Crippen LogP contribution in [0.15, 0.2) is 60.8 Å². The number of aromatic nitrogens is 3. The summed E-state index contributed by atoms with van der Waals surface area (Å²) in [6.07, 6.45) is 2.47. The molecule has 2 saturated heterocycles. The molecular formula is C38H39F3N6O6. The summed E-state index contributed by atoms with van der Waals surface area (Å²) in [5, 5.41) is 10.5. The maximum Gasteiger partial charge on any atom is 0.433 e. The second-order valence-corrected chi connectivity index (χ2v) is 13.8. The maximum absolute atomic E-state index is 13.5. The third kappa shape index (κ3) is 7.98. The monoisotopic (exact) mass is 732 g/mol. The zero-order valence-electron chi connectivity index (χ0n) is 29.0. The predicted molar refractivity (Wildman–Crippen MR) is 186 cm³/mol. The molecule has 7 rings (SSSR count). The SMILES string of the molecule is COc1cc2nn(C3CCN(C(=O)C4CCC(Oc5ccc(C6CCC(=O)NC6=O)cc5)CC4)CC3)cc2cc1NC(=O)c1cccc(C(F)(F)F)n1. The number of nitrogens with one attached hydrogen (secondary N) is 2. The van der Waals surface area contributed by atoms with E-state index in [1.807, 2.05) is 40.0 Å².